The van der Waals surface area contributed by atoms with E-state index < -0.39 is 0 Å². The molecule has 2 N–H and O–H groups in total. The summed E-state index contributed by atoms with van der Waals surface area (Å²) < 4.78 is 0. The van der Waals surface area contributed by atoms with E-state index in [4.69, 9.17) is 0 Å². The van der Waals surface area contributed by atoms with Gasteiger partial charge in [0.05, 0.1) is 11.3 Å². The highest BCUT2D eigenvalue weighted by atomic mass is 32.2. The molecule has 7 heteroatoms. The smallest absolute Gasteiger partial charge is 0.234 e. The zero-order valence-electron chi connectivity index (χ0n) is 14.9. The first-order valence-electron chi connectivity index (χ1n) is 8.10. The molecule has 0 unspecified atom stereocenters. The molecule has 0 saturated carbocycles. The van der Waals surface area contributed by atoms with Crippen LogP contribution in [-0.4, -0.2) is 22.6 Å². The zero-order chi connectivity index (χ0) is 19.1. The maximum atomic E-state index is 12.2. The monoisotopic (exact) mass is 368 g/mol. The number of anilines is 2. The third-order valence-electron chi connectivity index (χ3n) is 3.42. The molecule has 0 atom stereocenters. The number of nitrogens with one attached hydrogen (secondary N) is 2. The molecule has 26 heavy (non-hydrogen) atoms. The van der Waals surface area contributed by atoms with Crippen LogP contribution >= 0.6 is 11.8 Å². The predicted octanol–water partition coefficient (Wildman–Crippen LogP) is 3.77. The van der Waals surface area contributed by atoms with Crippen molar-refractivity contribution < 1.29 is 9.59 Å². The van der Waals surface area contributed by atoms with E-state index in [0.717, 1.165) is 5.69 Å². The van der Waals surface area contributed by atoms with Crippen molar-refractivity contribution in [3.8, 4) is 6.07 Å². The molecule has 2 aromatic rings. The van der Waals surface area contributed by atoms with E-state index in [0.29, 0.717) is 22.0 Å². The molecule has 0 aliphatic heterocycles. The Morgan fingerprint density at radius 1 is 1.12 bits per heavy atom. The first-order valence-corrected chi connectivity index (χ1v) is 9.09. The minimum atomic E-state index is -0.192. The topological polar surface area (TPSA) is 94.9 Å². The van der Waals surface area contributed by atoms with Gasteiger partial charge in [-0.1, -0.05) is 25.6 Å². The van der Waals surface area contributed by atoms with Gasteiger partial charge in [0.1, 0.15) is 11.1 Å². The highest BCUT2D eigenvalue weighted by Gasteiger charge is 2.11. The Morgan fingerprint density at radius 2 is 1.73 bits per heavy atom. The van der Waals surface area contributed by atoms with Gasteiger partial charge in [0, 0.05) is 24.0 Å². The lowest BCUT2D eigenvalue weighted by atomic mass is 10.1. The van der Waals surface area contributed by atoms with Crippen molar-refractivity contribution in [2.24, 2.45) is 0 Å². The third kappa shape index (κ3) is 5.60. The van der Waals surface area contributed by atoms with Crippen molar-refractivity contribution in [2.75, 3.05) is 16.4 Å². The molecule has 1 aromatic carbocycles. The fourth-order valence-corrected chi connectivity index (χ4v) is 2.92. The molecule has 0 fully saturated rings. The first-order chi connectivity index (χ1) is 12.4. The van der Waals surface area contributed by atoms with Gasteiger partial charge in [-0.05, 0) is 42.3 Å². The van der Waals surface area contributed by atoms with Crippen molar-refractivity contribution in [1.82, 2.24) is 4.98 Å². The second-order valence-electron chi connectivity index (χ2n) is 5.95. The largest absolute Gasteiger partial charge is 0.326 e. The summed E-state index contributed by atoms with van der Waals surface area (Å²) in [5.74, 6) is 0.0556. The van der Waals surface area contributed by atoms with Gasteiger partial charge in [-0.3, -0.25) is 9.59 Å². The molecule has 0 bridgehead atoms. The number of thioether (sulfide) groups is 1. The second-order valence-corrected chi connectivity index (χ2v) is 6.91. The summed E-state index contributed by atoms with van der Waals surface area (Å²) in [4.78, 5) is 27.6. The number of pyridine rings is 1. The van der Waals surface area contributed by atoms with Gasteiger partial charge in [0.15, 0.2) is 0 Å². The summed E-state index contributed by atoms with van der Waals surface area (Å²) in [5.41, 5.74) is 2.65. The highest BCUT2D eigenvalue weighted by molar-refractivity contribution is 8.00. The Balaban J connectivity index is 1.97. The van der Waals surface area contributed by atoms with Crippen LogP contribution in [0.4, 0.5) is 11.4 Å². The molecule has 0 aliphatic rings. The van der Waals surface area contributed by atoms with Gasteiger partial charge in [-0.2, -0.15) is 5.26 Å². The average Bonchev–Trinajstić information content (AvgIpc) is 2.60. The van der Waals surface area contributed by atoms with E-state index in [-0.39, 0.29) is 23.5 Å². The number of nitrogens with zero attached hydrogens (tertiary/aromatic N) is 2. The summed E-state index contributed by atoms with van der Waals surface area (Å²) >= 11 is 1.24. The number of amides is 2. The zero-order valence-corrected chi connectivity index (χ0v) is 15.7. The average molecular weight is 368 g/mol. The standard InChI is InChI=1S/C19H20N4O2S/c1-12(2)17-9-4-14(10-20)19(23-17)26-11-18(25)22-16-7-5-15(6-8-16)21-13(3)24/h4-9,12H,11H2,1-3H3,(H,21,24)(H,22,25). The van der Waals surface area contributed by atoms with Gasteiger partial charge in [-0.25, -0.2) is 4.98 Å². The number of rotatable bonds is 6. The van der Waals surface area contributed by atoms with E-state index in [1.54, 1.807) is 30.3 Å². The second kappa shape index (κ2) is 9.02. The third-order valence-corrected chi connectivity index (χ3v) is 4.41. The maximum Gasteiger partial charge on any atom is 0.234 e. The Bertz CT molecular complexity index is 842. The van der Waals surface area contributed by atoms with Gasteiger partial charge < -0.3 is 10.6 Å². The van der Waals surface area contributed by atoms with Crippen LogP contribution in [0.2, 0.25) is 0 Å². The van der Waals surface area contributed by atoms with Crippen LogP contribution in [0.1, 0.15) is 37.9 Å². The van der Waals surface area contributed by atoms with Gasteiger partial charge in [-0.15, -0.1) is 0 Å². The predicted molar refractivity (Wildman–Crippen MR) is 103 cm³/mol. The van der Waals surface area contributed by atoms with E-state index in [9.17, 15) is 14.9 Å². The molecule has 6 nitrogen and oxygen atoms in total. The lowest BCUT2D eigenvalue weighted by Crippen LogP contribution is -2.14. The van der Waals surface area contributed by atoms with Gasteiger partial charge in [0.2, 0.25) is 11.8 Å². The maximum absolute atomic E-state index is 12.2. The quantitative estimate of drug-likeness (QED) is 0.757. The van der Waals surface area contributed by atoms with E-state index in [1.165, 1.54) is 18.7 Å². The minimum absolute atomic E-state index is 0.149. The number of nitriles is 1. The number of hydrogen-bond donors (Lipinski definition) is 2. The van der Waals surface area contributed by atoms with Gasteiger partial charge in [0.25, 0.3) is 0 Å². The van der Waals surface area contributed by atoms with Crippen LogP contribution in [-0.2, 0) is 9.59 Å². The number of carbonyl (C=O) groups is 2. The Kier molecular flexibility index (Phi) is 6.75. The molecule has 2 amide bonds. The van der Waals surface area contributed by atoms with Gasteiger partial charge >= 0.3 is 0 Å². The normalized spacial score (nSPS) is 10.3. The Hall–Kier alpha value is -2.85. The summed E-state index contributed by atoms with van der Waals surface area (Å²) in [6, 6.07) is 12.5. The molecule has 1 heterocycles. The van der Waals surface area contributed by atoms with E-state index in [1.807, 2.05) is 19.9 Å². The van der Waals surface area contributed by atoms with Crippen LogP contribution in [0.25, 0.3) is 0 Å². The summed E-state index contributed by atoms with van der Waals surface area (Å²) in [6.07, 6.45) is 0. The van der Waals surface area contributed by atoms with Crippen molar-refractivity contribution in [2.45, 2.75) is 31.7 Å². The molecule has 0 saturated heterocycles. The fraction of sp³-hybridized carbons (Fsp3) is 0.263. The highest BCUT2D eigenvalue weighted by Crippen LogP contribution is 2.23. The summed E-state index contributed by atoms with van der Waals surface area (Å²) in [6.45, 7) is 5.49. The first kappa shape index (κ1) is 19.5. The van der Waals surface area contributed by atoms with Crippen LogP contribution in [0.5, 0.6) is 0 Å². The molecule has 2 rings (SSSR count). The lowest BCUT2D eigenvalue weighted by Gasteiger charge is -2.09. The van der Waals surface area contributed by atoms with Crippen molar-refractivity contribution in [1.29, 1.82) is 5.26 Å². The number of hydrogen-bond acceptors (Lipinski definition) is 5. The molecule has 0 aliphatic carbocycles. The summed E-state index contributed by atoms with van der Waals surface area (Å²) in [5, 5.41) is 15.2. The molecule has 134 valence electrons. The lowest BCUT2D eigenvalue weighted by molar-refractivity contribution is -0.114. The van der Waals surface area contributed by atoms with E-state index >= 15 is 0 Å². The molecular weight excluding hydrogens is 348 g/mol. The minimum Gasteiger partial charge on any atom is -0.326 e. The fourth-order valence-electron chi connectivity index (χ4n) is 2.14. The number of aromatic nitrogens is 1. The van der Waals surface area contributed by atoms with E-state index in [2.05, 4.69) is 21.7 Å². The summed E-state index contributed by atoms with van der Waals surface area (Å²) in [7, 11) is 0. The van der Waals surface area contributed by atoms with Crippen LogP contribution in [0.15, 0.2) is 41.4 Å². The molecular formula is C19H20N4O2S. The number of carbonyl (C=O) groups excluding carboxylic acids is 2. The van der Waals surface area contributed by atoms with Crippen molar-refractivity contribution in [3.05, 3.63) is 47.7 Å². The van der Waals surface area contributed by atoms with Crippen LogP contribution < -0.4 is 10.6 Å². The van der Waals surface area contributed by atoms with Crippen molar-refractivity contribution >= 4 is 35.0 Å². The van der Waals surface area contributed by atoms with Crippen LogP contribution in [0.3, 0.4) is 0 Å². The Labute approximate surface area is 157 Å². The molecule has 1 aromatic heterocycles. The number of benzene rings is 1. The Morgan fingerprint density at radius 3 is 2.27 bits per heavy atom. The van der Waals surface area contributed by atoms with Crippen molar-refractivity contribution in [3.63, 3.8) is 0 Å². The molecule has 0 spiro atoms. The molecule has 0 radical (unpaired) electrons. The van der Waals surface area contributed by atoms with Crippen LogP contribution in [0, 0.1) is 11.3 Å². The SMILES string of the molecule is CC(=O)Nc1ccc(NC(=O)CSc2nc(C(C)C)ccc2C#N)cc1.